The van der Waals surface area contributed by atoms with Crippen molar-refractivity contribution in [3.8, 4) is 5.75 Å². The first kappa shape index (κ1) is 18.0. The van der Waals surface area contributed by atoms with Gasteiger partial charge in [-0.2, -0.15) is 0 Å². The highest BCUT2D eigenvalue weighted by atomic mass is 35.5. The lowest BCUT2D eigenvalue weighted by molar-refractivity contribution is -0.115. The molecule has 0 aliphatic rings. The molecule has 0 radical (unpaired) electrons. The summed E-state index contributed by atoms with van der Waals surface area (Å²) in [4.78, 5) is 16.0. The molecule has 7 heteroatoms. The van der Waals surface area contributed by atoms with Crippen molar-refractivity contribution in [1.29, 1.82) is 0 Å². The number of ether oxygens (including phenoxy) is 2. The highest BCUT2D eigenvalue weighted by Crippen LogP contribution is 2.29. The highest BCUT2D eigenvalue weighted by Gasteiger charge is 2.16. The van der Waals surface area contributed by atoms with Crippen LogP contribution in [0.1, 0.15) is 27.2 Å². The molecule has 1 aromatic heterocycles. The quantitative estimate of drug-likeness (QED) is 0.760. The molecule has 126 valence electrons. The molecule has 5 nitrogen and oxygen atoms in total. The zero-order chi connectivity index (χ0) is 17.0. The van der Waals surface area contributed by atoms with Crippen LogP contribution in [-0.2, 0) is 9.53 Å². The van der Waals surface area contributed by atoms with Gasteiger partial charge in [0.2, 0.25) is 5.91 Å². The number of rotatable bonds is 7. The van der Waals surface area contributed by atoms with E-state index in [1.807, 2.05) is 32.0 Å². The van der Waals surface area contributed by atoms with E-state index in [0.717, 1.165) is 22.4 Å². The number of carbonyl (C=O) groups excluding carboxylic acids is 1. The fraction of sp³-hybridized carbons (Fsp3) is 0.500. The van der Waals surface area contributed by atoms with E-state index in [2.05, 4.69) is 10.3 Å². The summed E-state index contributed by atoms with van der Waals surface area (Å²) >= 11 is 7.14. The number of hydrogen-bond acceptors (Lipinski definition) is 5. The van der Waals surface area contributed by atoms with Crippen molar-refractivity contribution in [2.75, 3.05) is 19.0 Å². The smallest absolute Gasteiger partial charge is 0.243 e. The summed E-state index contributed by atoms with van der Waals surface area (Å²) in [6.45, 7) is 6.24. The van der Waals surface area contributed by atoms with E-state index in [4.69, 9.17) is 21.1 Å². The largest absolute Gasteiger partial charge is 0.493 e. The predicted molar refractivity (Wildman–Crippen MR) is 94.8 cm³/mol. The Morgan fingerprint density at radius 1 is 1.48 bits per heavy atom. The summed E-state index contributed by atoms with van der Waals surface area (Å²) < 4.78 is 12.1. The van der Waals surface area contributed by atoms with Gasteiger partial charge in [0.25, 0.3) is 0 Å². The van der Waals surface area contributed by atoms with Gasteiger partial charge in [-0.1, -0.05) is 11.3 Å². The van der Waals surface area contributed by atoms with Gasteiger partial charge < -0.3 is 14.8 Å². The average Bonchev–Trinajstić information content (AvgIpc) is 2.88. The maximum Gasteiger partial charge on any atom is 0.243 e. The van der Waals surface area contributed by atoms with E-state index in [0.29, 0.717) is 11.7 Å². The maximum atomic E-state index is 11.6. The van der Waals surface area contributed by atoms with E-state index in [-0.39, 0.29) is 11.5 Å². The molecule has 0 aliphatic carbocycles. The molecule has 1 amide bonds. The van der Waals surface area contributed by atoms with Gasteiger partial charge in [-0.15, -0.1) is 11.6 Å². The molecule has 1 atom stereocenters. The standard InChI is InChI=1S/C16H21ClN2O3S/c1-10(17)14(20)19-15-18-12-6-5-11(9-13(12)23-15)22-8-7-16(2,3)21-4/h5-6,9-10H,7-8H2,1-4H3,(H,18,19,20). The molecule has 1 unspecified atom stereocenters. The third-order valence-corrected chi connectivity index (χ3v) is 4.61. The number of aromatic nitrogens is 1. The topological polar surface area (TPSA) is 60.5 Å². The van der Waals surface area contributed by atoms with Crippen LogP contribution in [-0.4, -0.2) is 35.6 Å². The SMILES string of the molecule is COC(C)(C)CCOc1ccc2nc(NC(=O)C(C)Cl)sc2c1. The van der Waals surface area contributed by atoms with Crippen LogP contribution in [0.15, 0.2) is 18.2 Å². The van der Waals surface area contributed by atoms with Crippen molar-refractivity contribution in [2.24, 2.45) is 0 Å². The number of anilines is 1. The summed E-state index contributed by atoms with van der Waals surface area (Å²) in [6, 6.07) is 5.67. The van der Waals surface area contributed by atoms with Crippen LogP contribution in [0.5, 0.6) is 5.75 Å². The van der Waals surface area contributed by atoms with Crippen LogP contribution < -0.4 is 10.1 Å². The number of halogens is 1. The molecular formula is C16H21ClN2O3S. The molecule has 0 saturated heterocycles. The van der Waals surface area contributed by atoms with Crippen LogP contribution >= 0.6 is 22.9 Å². The number of alkyl halides is 1. The monoisotopic (exact) mass is 356 g/mol. The van der Waals surface area contributed by atoms with Crippen molar-refractivity contribution < 1.29 is 14.3 Å². The van der Waals surface area contributed by atoms with Gasteiger partial charge in [-0.3, -0.25) is 4.79 Å². The summed E-state index contributed by atoms with van der Waals surface area (Å²) in [6.07, 6.45) is 0.791. The van der Waals surface area contributed by atoms with Crippen molar-refractivity contribution in [1.82, 2.24) is 4.98 Å². The third kappa shape index (κ3) is 5.06. The van der Waals surface area contributed by atoms with E-state index in [9.17, 15) is 4.79 Å². The molecule has 0 bridgehead atoms. The van der Waals surface area contributed by atoms with Crippen molar-refractivity contribution >= 4 is 44.2 Å². The van der Waals surface area contributed by atoms with Crippen LogP contribution in [0.3, 0.4) is 0 Å². The Kier molecular flexibility index (Phi) is 5.84. The number of nitrogens with zero attached hydrogens (tertiary/aromatic N) is 1. The molecule has 0 saturated carbocycles. The van der Waals surface area contributed by atoms with E-state index in [1.165, 1.54) is 11.3 Å². The lowest BCUT2D eigenvalue weighted by Crippen LogP contribution is -2.25. The van der Waals surface area contributed by atoms with E-state index >= 15 is 0 Å². The summed E-state index contributed by atoms with van der Waals surface area (Å²) in [5.74, 6) is 0.514. The first-order chi connectivity index (χ1) is 10.8. The average molecular weight is 357 g/mol. The third-order valence-electron chi connectivity index (χ3n) is 3.48. The Labute approximate surface area is 144 Å². The number of methoxy groups -OCH3 is 1. The molecule has 0 aliphatic heterocycles. The Morgan fingerprint density at radius 3 is 2.87 bits per heavy atom. The van der Waals surface area contributed by atoms with Crippen molar-refractivity contribution in [2.45, 2.75) is 38.2 Å². The number of amides is 1. The fourth-order valence-electron chi connectivity index (χ4n) is 1.77. The second kappa shape index (κ2) is 7.47. The molecule has 2 rings (SSSR count). The summed E-state index contributed by atoms with van der Waals surface area (Å²) in [5, 5.41) is 2.64. The molecule has 1 N–H and O–H groups in total. The number of hydrogen-bond donors (Lipinski definition) is 1. The fourth-order valence-corrected chi connectivity index (χ4v) is 2.72. The summed E-state index contributed by atoms with van der Waals surface area (Å²) in [5.41, 5.74) is 0.613. The van der Waals surface area contributed by atoms with Crippen LogP contribution in [0.25, 0.3) is 10.2 Å². The number of nitrogens with one attached hydrogen (secondary N) is 1. The van der Waals surface area contributed by atoms with Gasteiger partial charge in [0.1, 0.15) is 11.1 Å². The van der Waals surface area contributed by atoms with Gasteiger partial charge in [0.05, 0.1) is 22.4 Å². The van der Waals surface area contributed by atoms with E-state index in [1.54, 1.807) is 14.0 Å². The van der Waals surface area contributed by atoms with E-state index < -0.39 is 5.38 Å². The second-order valence-corrected chi connectivity index (χ2v) is 7.50. The van der Waals surface area contributed by atoms with Crippen LogP contribution in [0, 0.1) is 0 Å². The number of carbonyl (C=O) groups is 1. The van der Waals surface area contributed by atoms with Crippen molar-refractivity contribution in [3.63, 3.8) is 0 Å². The van der Waals surface area contributed by atoms with Gasteiger partial charge in [-0.05, 0) is 39.0 Å². The zero-order valence-corrected chi connectivity index (χ0v) is 15.3. The first-order valence-corrected chi connectivity index (χ1v) is 8.59. The number of benzene rings is 1. The Hall–Kier alpha value is -1.37. The van der Waals surface area contributed by atoms with Gasteiger partial charge >= 0.3 is 0 Å². The Bertz CT molecular complexity index is 685. The van der Waals surface area contributed by atoms with Crippen LogP contribution in [0.2, 0.25) is 0 Å². The van der Waals surface area contributed by atoms with Crippen molar-refractivity contribution in [3.05, 3.63) is 18.2 Å². The minimum Gasteiger partial charge on any atom is -0.493 e. The second-order valence-electron chi connectivity index (χ2n) is 5.82. The van der Waals surface area contributed by atoms with Gasteiger partial charge in [0.15, 0.2) is 5.13 Å². The molecule has 0 spiro atoms. The highest BCUT2D eigenvalue weighted by molar-refractivity contribution is 7.22. The molecule has 23 heavy (non-hydrogen) atoms. The first-order valence-electron chi connectivity index (χ1n) is 7.34. The maximum absolute atomic E-state index is 11.6. The number of thiazole rings is 1. The lowest BCUT2D eigenvalue weighted by Gasteiger charge is -2.22. The lowest BCUT2D eigenvalue weighted by atomic mass is 10.1. The van der Waals surface area contributed by atoms with Crippen LogP contribution in [0.4, 0.5) is 5.13 Å². The summed E-state index contributed by atoms with van der Waals surface area (Å²) in [7, 11) is 1.70. The van der Waals surface area contributed by atoms with Gasteiger partial charge in [0, 0.05) is 13.5 Å². The molecule has 0 fully saturated rings. The molecule has 1 heterocycles. The Balaban J connectivity index is 2.03. The molecule has 1 aromatic carbocycles. The Morgan fingerprint density at radius 2 is 2.22 bits per heavy atom. The molecule has 2 aromatic rings. The normalized spacial score (nSPS) is 13.1. The predicted octanol–water partition coefficient (Wildman–Crippen LogP) is 4.06. The number of fused-ring (bicyclic) bond motifs is 1. The van der Waals surface area contributed by atoms with Gasteiger partial charge in [-0.25, -0.2) is 4.98 Å². The minimum absolute atomic E-state index is 0.204. The molecular weight excluding hydrogens is 336 g/mol. The minimum atomic E-state index is -0.593. The zero-order valence-electron chi connectivity index (χ0n) is 13.7.